The van der Waals surface area contributed by atoms with Gasteiger partial charge in [-0.25, -0.2) is 9.78 Å². The molecule has 3 aromatic rings. The maximum atomic E-state index is 13.3. The van der Waals surface area contributed by atoms with E-state index < -0.39 is 11.9 Å². The number of ether oxygens (including phenoxy) is 1. The third-order valence-electron chi connectivity index (χ3n) is 4.81. The Labute approximate surface area is 195 Å². The van der Waals surface area contributed by atoms with Gasteiger partial charge in [0.2, 0.25) is 0 Å². The number of aromatic nitrogens is 3. The lowest BCUT2D eigenvalue weighted by Gasteiger charge is -2.18. The van der Waals surface area contributed by atoms with Crippen LogP contribution in [0.3, 0.4) is 0 Å². The van der Waals surface area contributed by atoms with Gasteiger partial charge in [-0.05, 0) is 50.8 Å². The number of thioether (sulfide) groups is 1. The minimum absolute atomic E-state index is 0.0459. The number of rotatable bonds is 7. The first kappa shape index (κ1) is 24.2. The number of nitrogens with zero attached hydrogens (tertiary/aromatic N) is 4. The minimum Gasteiger partial charge on any atom is -0.462 e. The van der Waals surface area contributed by atoms with E-state index in [0.717, 1.165) is 5.56 Å². The summed E-state index contributed by atoms with van der Waals surface area (Å²) in [4.78, 5) is 47.8. The highest BCUT2D eigenvalue weighted by molar-refractivity contribution is 8.02. The van der Waals surface area contributed by atoms with Gasteiger partial charge in [0.15, 0.2) is 5.49 Å². The number of pyridine rings is 2. The highest BCUT2D eigenvalue weighted by atomic mass is 32.2. The summed E-state index contributed by atoms with van der Waals surface area (Å²) in [5.74, 6) is -1.01. The fourth-order valence-electron chi connectivity index (χ4n) is 3.39. The Morgan fingerprint density at radius 2 is 2.09 bits per heavy atom. The molecular formula is C24H26N4O4S. The molecule has 0 fully saturated rings. The number of aryl methyl sites for hydroxylation is 1. The molecule has 9 heteroatoms. The van der Waals surface area contributed by atoms with Gasteiger partial charge >= 0.3 is 5.97 Å². The van der Waals surface area contributed by atoms with Crippen LogP contribution in [-0.2, 0) is 9.53 Å². The Morgan fingerprint density at radius 3 is 2.76 bits per heavy atom. The van der Waals surface area contributed by atoms with Crippen molar-refractivity contribution >= 4 is 40.3 Å². The molecule has 172 valence electrons. The second-order valence-electron chi connectivity index (χ2n) is 7.49. The minimum atomic E-state index is -0.659. The second-order valence-corrected chi connectivity index (χ2v) is 8.38. The Balaban J connectivity index is 2.41. The van der Waals surface area contributed by atoms with Crippen LogP contribution in [0.4, 0.5) is 0 Å². The summed E-state index contributed by atoms with van der Waals surface area (Å²) in [5.41, 5.74) is 1.52. The monoisotopic (exact) mass is 466 g/mol. The van der Waals surface area contributed by atoms with E-state index in [0.29, 0.717) is 11.3 Å². The lowest BCUT2D eigenvalue weighted by molar-refractivity contribution is -0.115. The van der Waals surface area contributed by atoms with E-state index >= 15 is 0 Å². The fourth-order valence-corrected chi connectivity index (χ4v) is 3.92. The standard InChI is InChI=1S/C24H26N4O4S/c1-6-8-12-33-14-19(29)25-22-18(24(31)32-7-2)13-17-21(28(22)15(3)4)26-20-16(5)10-9-11-27(20)23(17)30/h6,8-13,15H,1,7,14H2,2-5H3/b12-8-,25-22?. The first-order valence-electron chi connectivity index (χ1n) is 10.5. The topological polar surface area (TPSA) is 95.0 Å². The summed E-state index contributed by atoms with van der Waals surface area (Å²) in [6.45, 7) is 11.0. The molecule has 0 unspecified atom stereocenters. The maximum Gasteiger partial charge on any atom is 0.341 e. The molecule has 0 aliphatic heterocycles. The normalized spacial score (nSPS) is 12.2. The Kier molecular flexibility index (Phi) is 7.65. The zero-order chi connectivity index (χ0) is 24.1. The van der Waals surface area contributed by atoms with Crippen LogP contribution in [0.5, 0.6) is 0 Å². The van der Waals surface area contributed by atoms with Crippen LogP contribution in [0.25, 0.3) is 16.7 Å². The van der Waals surface area contributed by atoms with Crippen molar-refractivity contribution in [1.82, 2.24) is 14.0 Å². The van der Waals surface area contributed by atoms with Crippen molar-refractivity contribution in [3.05, 3.63) is 75.5 Å². The molecular weight excluding hydrogens is 440 g/mol. The zero-order valence-electron chi connectivity index (χ0n) is 19.1. The number of carbonyl (C=O) groups is 2. The van der Waals surface area contributed by atoms with Crippen LogP contribution in [0, 0.1) is 6.92 Å². The van der Waals surface area contributed by atoms with Crippen LogP contribution in [0.15, 0.2) is 58.3 Å². The van der Waals surface area contributed by atoms with E-state index in [1.54, 1.807) is 41.3 Å². The van der Waals surface area contributed by atoms with E-state index in [1.807, 2.05) is 26.8 Å². The smallest absolute Gasteiger partial charge is 0.341 e. The molecule has 3 heterocycles. The number of amides is 1. The highest BCUT2D eigenvalue weighted by Gasteiger charge is 2.21. The molecule has 0 atom stereocenters. The molecule has 33 heavy (non-hydrogen) atoms. The average Bonchev–Trinajstić information content (AvgIpc) is 2.77. The van der Waals surface area contributed by atoms with Gasteiger partial charge in [-0.1, -0.05) is 24.8 Å². The van der Waals surface area contributed by atoms with Crippen LogP contribution < -0.4 is 11.0 Å². The third kappa shape index (κ3) is 4.98. The molecule has 0 saturated heterocycles. The summed E-state index contributed by atoms with van der Waals surface area (Å²) in [5, 5.41) is 1.98. The van der Waals surface area contributed by atoms with Gasteiger partial charge in [0, 0.05) is 12.2 Å². The van der Waals surface area contributed by atoms with Crippen molar-refractivity contribution < 1.29 is 14.3 Å². The third-order valence-corrected chi connectivity index (χ3v) is 5.57. The van der Waals surface area contributed by atoms with Crippen molar-refractivity contribution in [3.8, 4) is 0 Å². The van der Waals surface area contributed by atoms with Crippen molar-refractivity contribution in [3.63, 3.8) is 0 Å². The molecule has 0 saturated carbocycles. The Bertz CT molecular complexity index is 1400. The summed E-state index contributed by atoms with van der Waals surface area (Å²) in [6.07, 6.45) is 4.97. The molecule has 8 nitrogen and oxygen atoms in total. The van der Waals surface area contributed by atoms with Crippen molar-refractivity contribution in [2.24, 2.45) is 4.99 Å². The lowest BCUT2D eigenvalue weighted by Crippen LogP contribution is -2.34. The SMILES string of the molecule is C=C/C=C\SCC(=O)N=c1c(C(=O)OCC)cc2c(=O)n3cccc(C)c3nc2n1C(C)C. The molecule has 1 amide bonds. The molecule has 0 radical (unpaired) electrons. The quantitative estimate of drug-likeness (QED) is 0.300. The molecule has 0 aliphatic carbocycles. The predicted octanol–water partition coefficient (Wildman–Crippen LogP) is 3.58. The van der Waals surface area contributed by atoms with Gasteiger partial charge in [0.05, 0.1) is 17.7 Å². The van der Waals surface area contributed by atoms with Crippen LogP contribution in [0.1, 0.15) is 42.7 Å². The van der Waals surface area contributed by atoms with Crippen LogP contribution in [0.2, 0.25) is 0 Å². The van der Waals surface area contributed by atoms with Crippen molar-refractivity contribution in [1.29, 1.82) is 0 Å². The Morgan fingerprint density at radius 1 is 1.33 bits per heavy atom. The van der Waals surface area contributed by atoms with Crippen LogP contribution in [-0.4, -0.2) is 38.2 Å². The van der Waals surface area contributed by atoms with Crippen molar-refractivity contribution in [2.45, 2.75) is 33.7 Å². The number of fused-ring (bicyclic) bond motifs is 2. The molecule has 0 spiro atoms. The average molecular weight is 467 g/mol. The molecule has 3 rings (SSSR count). The van der Waals surface area contributed by atoms with Gasteiger partial charge in [-0.2, -0.15) is 4.99 Å². The molecule has 0 bridgehead atoms. The summed E-state index contributed by atoms with van der Waals surface area (Å²) >= 11 is 1.26. The molecule has 0 aliphatic rings. The molecule has 0 N–H and O–H groups in total. The zero-order valence-corrected chi connectivity index (χ0v) is 19.9. The van der Waals surface area contributed by atoms with E-state index in [-0.39, 0.29) is 40.4 Å². The van der Waals surface area contributed by atoms with Crippen LogP contribution >= 0.6 is 11.8 Å². The first-order valence-corrected chi connectivity index (χ1v) is 11.6. The van der Waals surface area contributed by atoms with Gasteiger partial charge < -0.3 is 9.30 Å². The summed E-state index contributed by atoms with van der Waals surface area (Å²) in [7, 11) is 0. The van der Waals surface area contributed by atoms with E-state index in [1.165, 1.54) is 22.2 Å². The Hall–Kier alpha value is -3.46. The van der Waals surface area contributed by atoms with Crippen molar-refractivity contribution in [2.75, 3.05) is 12.4 Å². The lowest BCUT2D eigenvalue weighted by atomic mass is 10.2. The second kappa shape index (κ2) is 10.4. The molecule has 3 aromatic heterocycles. The largest absolute Gasteiger partial charge is 0.462 e. The van der Waals surface area contributed by atoms with Gasteiger partial charge in [-0.3, -0.25) is 14.0 Å². The summed E-state index contributed by atoms with van der Waals surface area (Å²) < 4.78 is 8.31. The predicted molar refractivity (Wildman–Crippen MR) is 130 cm³/mol. The molecule has 0 aromatic carbocycles. The fraction of sp³-hybridized carbons (Fsp3) is 0.292. The maximum absolute atomic E-state index is 13.3. The summed E-state index contributed by atoms with van der Waals surface area (Å²) in [6, 6.07) is 4.80. The van der Waals surface area contributed by atoms with Gasteiger partial charge in [-0.15, -0.1) is 11.8 Å². The number of esters is 1. The number of allylic oxidation sites excluding steroid dienone is 2. The number of hydrogen-bond donors (Lipinski definition) is 0. The van der Waals surface area contributed by atoms with Gasteiger partial charge in [0.1, 0.15) is 16.9 Å². The highest BCUT2D eigenvalue weighted by Crippen LogP contribution is 2.16. The van der Waals surface area contributed by atoms with E-state index in [4.69, 9.17) is 9.72 Å². The first-order chi connectivity index (χ1) is 15.8. The van der Waals surface area contributed by atoms with E-state index in [2.05, 4.69) is 11.6 Å². The van der Waals surface area contributed by atoms with Gasteiger partial charge in [0.25, 0.3) is 11.5 Å². The number of hydrogen-bond acceptors (Lipinski definition) is 6. The number of carbonyl (C=O) groups excluding carboxylic acids is 2. The van der Waals surface area contributed by atoms with E-state index in [9.17, 15) is 14.4 Å².